The van der Waals surface area contributed by atoms with Gasteiger partial charge in [-0.05, 0) is 31.0 Å². The molecule has 0 saturated heterocycles. The molecule has 0 amide bonds. The van der Waals surface area contributed by atoms with Crippen molar-refractivity contribution in [3.63, 3.8) is 0 Å². The van der Waals surface area contributed by atoms with Crippen molar-refractivity contribution in [2.75, 3.05) is 11.9 Å². The predicted molar refractivity (Wildman–Crippen MR) is 116 cm³/mol. The van der Waals surface area contributed by atoms with Crippen LogP contribution in [0.25, 0.3) is 5.52 Å². The molecule has 8 nitrogen and oxygen atoms in total. The summed E-state index contributed by atoms with van der Waals surface area (Å²) < 4.78 is 12.0. The van der Waals surface area contributed by atoms with Crippen LogP contribution in [0.15, 0.2) is 61.1 Å². The number of phenolic OH excluding ortho intramolecular Hbond substituents is 1. The summed E-state index contributed by atoms with van der Waals surface area (Å²) in [6, 6.07) is 15.1. The summed E-state index contributed by atoms with van der Waals surface area (Å²) in [7, 11) is 0. The van der Waals surface area contributed by atoms with Crippen LogP contribution in [0, 0.1) is 6.92 Å². The minimum Gasteiger partial charge on any atom is -0.508 e. The molecule has 31 heavy (non-hydrogen) atoms. The molecule has 0 aliphatic carbocycles. The molecule has 8 heteroatoms. The van der Waals surface area contributed by atoms with E-state index in [4.69, 9.17) is 9.47 Å². The zero-order valence-electron chi connectivity index (χ0n) is 17.2. The molecule has 0 bridgehead atoms. The molecule has 2 heterocycles. The topological polar surface area (TPSA) is 98.0 Å². The Morgan fingerprint density at radius 2 is 2.00 bits per heavy atom. The number of phenols is 1. The Labute approximate surface area is 179 Å². The van der Waals surface area contributed by atoms with Crippen molar-refractivity contribution in [1.29, 1.82) is 0 Å². The number of hydrogen-bond acceptors (Lipinski definition) is 7. The first-order valence-corrected chi connectivity index (χ1v) is 9.85. The number of rotatable bonds is 6. The largest absolute Gasteiger partial charge is 0.513 e. The van der Waals surface area contributed by atoms with Crippen LogP contribution in [0.3, 0.4) is 0 Å². The maximum atomic E-state index is 12.0. The molecule has 0 aliphatic heterocycles. The van der Waals surface area contributed by atoms with Crippen molar-refractivity contribution in [1.82, 2.24) is 14.6 Å². The van der Waals surface area contributed by atoms with Crippen molar-refractivity contribution in [2.45, 2.75) is 20.3 Å². The van der Waals surface area contributed by atoms with Gasteiger partial charge in [-0.15, -0.1) is 0 Å². The molecule has 0 fully saturated rings. The molecule has 0 radical (unpaired) electrons. The van der Waals surface area contributed by atoms with E-state index >= 15 is 0 Å². The summed E-state index contributed by atoms with van der Waals surface area (Å²) in [6.07, 6.45) is 2.75. The van der Waals surface area contributed by atoms with Gasteiger partial charge >= 0.3 is 6.16 Å². The fourth-order valence-electron chi connectivity index (χ4n) is 3.26. The molecule has 2 N–H and O–H groups in total. The Kier molecular flexibility index (Phi) is 5.70. The van der Waals surface area contributed by atoms with Crippen molar-refractivity contribution in [2.24, 2.45) is 0 Å². The minimum absolute atomic E-state index is 0.182. The number of fused-ring (bicyclic) bond motifs is 1. The number of benzene rings is 2. The normalized spacial score (nSPS) is 10.8. The second-order valence-corrected chi connectivity index (χ2v) is 6.95. The number of aromatic hydroxyl groups is 1. The number of anilines is 2. The molecule has 2 aromatic heterocycles. The number of ether oxygens (including phenoxy) is 2. The van der Waals surface area contributed by atoms with Crippen LogP contribution in [-0.2, 0) is 11.2 Å². The number of carbonyl (C=O) groups is 1. The summed E-state index contributed by atoms with van der Waals surface area (Å²) in [5, 5.41) is 17.5. The van der Waals surface area contributed by atoms with Crippen molar-refractivity contribution >= 4 is 23.2 Å². The van der Waals surface area contributed by atoms with Crippen molar-refractivity contribution in [3.8, 4) is 11.5 Å². The number of aromatic nitrogens is 3. The van der Waals surface area contributed by atoms with Gasteiger partial charge in [0.1, 0.15) is 17.6 Å². The standard InChI is InChI=1S/C23H22N4O4/c1-3-30-23(29)31-20-13-27-21(18(20)11-16-7-5-4-6-8-16)22(24-14-25-27)26-17-10-9-15(2)19(28)12-17/h4-10,12-14,28H,3,11H2,1-2H3,(H,24,25,26). The Morgan fingerprint density at radius 1 is 1.19 bits per heavy atom. The first kappa shape index (κ1) is 20.2. The zero-order chi connectivity index (χ0) is 21.8. The Bertz CT molecular complexity index is 1220. The zero-order valence-corrected chi connectivity index (χ0v) is 17.2. The van der Waals surface area contributed by atoms with Gasteiger partial charge in [-0.25, -0.2) is 14.3 Å². The van der Waals surface area contributed by atoms with E-state index in [2.05, 4.69) is 15.4 Å². The van der Waals surface area contributed by atoms with E-state index in [9.17, 15) is 9.90 Å². The first-order chi connectivity index (χ1) is 15.0. The van der Waals surface area contributed by atoms with Crippen LogP contribution in [0.2, 0.25) is 0 Å². The van der Waals surface area contributed by atoms with Gasteiger partial charge in [0.15, 0.2) is 11.6 Å². The van der Waals surface area contributed by atoms with Gasteiger partial charge in [-0.1, -0.05) is 36.4 Å². The van der Waals surface area contributed by atoms with E-state index in [0.717, 1.165) is 16.7 Å². The number of nitrogens with zero attached hydrogens (tertiary/aromatic N) is 3. The van der Waals surface area contributed by atoms with E-state index < -0.39 is 6.16 Å². The lowest BCUT2D eigenvalue weighted by molar-refractivity contribution is 0.104. The monoisotopic (exact) mass is 418 g/mol. The molecule has 0 saturated carbocycles. The Morgan fingerprint density at radius 3 is 2.74 bits per heavy atom. The van der Waals surface area contributed by atoms with Crippen LogP contribution in [0.5, 0.6) is 11.5 Å². The highest BCUT2D eigenvalue weighted by Crippen LogP contribution is 2.33. The number of aryl methyl sites for hydroxylation is 1. The summed E-state index contributed by atoms with van der Waals surface area (Å²) >= 11 is 0. The van der Waals surface area contributed by atoms with Crippen molar-refractivity contribution in [3.05, 3.63) is 77.7 Å². The lowest BCUT2D eigenvalue weighted by atomic mass is 10.1. The van der Waals surface area contributed by atoms with Gasteiger partial charge in [-0.3, -0.25) is 0 Å². The highest BCUT2D eigenvalue weighted by atomic mass is 16.7. The van der Waals surface area contributed by atoms with Crippen LogP contribution in [0.1, 0.15) is 23.6 Å². The van der Waals surface area contributed by atoms with E-state index in [1.165, 1.54) is 6.33 Å². The third-order valence-corrected chi connectivity index (χ3v) is 4.79. The summed E-state index contributed by atoms with van der Waals surface area (Å²) in [5.74, 6) is 1.04. The first-order valence-electron chi connectivity index (χ1n) is 9.85. The molecule has 4 rings (SSSR count). The maximum absolute atomic E-state index is 12.0. The number of hydrogen-bond donors (Lipinski definition) is 2. The third kappa shape index (κ3) is 4.42. The van der Waals surface area contributed by atoms with Gasteiger partial charge in [0.2, 0.25) is 0 Å². The highest BCUT2D eigenvalue weighted by molar-refractivity contribution is 5.81. The van der Waals surface area contributed by atoms with E-state index in [1.807, 2.05) is 49.4 Å². The van der Waals surface area contributed by atoms with Crippen LogP contribution < -0.4 is 10.1 Å². The molecule has 0 unspecified atom stereocenters. The van der Waals surface area contributed by atoms with Crippen LogP contribution in [0.4, 0.5) is 16.3 Å². The quantitative estimate of drug-likeness (QED) is 0.441. The summed E-state index contributed by atoms with van der Waals surface area (Å²) in [4.78, 5) is 16.4. The minimum atomic E-state index is -0.779. The molecular weight excluding hydrogens is 396 g/mol. The third-order valence-electron chi connectivity index (χ3n) is 4.79. The fraction of sp³-hybridized carbons (Fsp3) is 0.174. The SMILES string of the molecule is CCOC(=O)Oc1cn2ncnc(Nc3ccc(C)c(O)c3)c2c1Cc1ccccc1. The van der Waals surface area contributed by atoms with E-state index in [1.54, 1.807) is 23.7 Å². The molecule has 0 aliphatic rings. The highest BCUT2D eigenvalue weighted by Gasteiger charge is 2.20. The van der Waals surface area contributed by atoms with Gasteiger partial charge in [0, 0.05) is 23.7 Å². The smallest absolute Gasteiger partial charge is 0.508 e. The van der Waals surface area contributed by atoms with Crippen LogP contribution >= 0.6 is 0 Å². The van der Waals surface area contributed by atoms with Gasteiger partial charge in [-0.2, -0.15) is 5.10 Å². The average Bonchev–Trinajstić information content (AvgIpc) is 3.09. The predicted octanol–water partition coefficient (Wildman–Crippen LogP) is 4.61. The lowest BCUT2D eigenvalue weighted by Crippen LogP contribution is -2.10. The Hall–Kier alpha value is -4.07. The lowest BCUT2D eigenvalue weighted by Gasteiger charge is -2.11. The van der Waals surface area contributed by atoms with Crippen LogP contribution in [-0.4, -0.2) is 32.5 Å². The van der Waals surface area contributed by atoms with Gasteiger partial charge in [0.05, 0.1) is 12.8 Å². The molecule has 0 spiro atoms. The molecular formula is C23H22N4O4. The van der Waals surface area contributed by atoms with E-state index in [0.29, 0.717) is 29.2 Å². The summed E-state index contributed by atoms with van der Waals surface area (Å²) in [5.41, 5.74) is 3.87. The fourth-order valence-corrected chi connectivity index (χ4v) is 3.26. The summed E-state index contributed by atoms with van der Waals surface area (Å²) in [6.45, 7) is 3.75. The second-order valence-electron chi connectivity index (χ2n) is 6.95. The second kappa shape index (κ2) is 8.74. The molecule has 2 aromatic carbocycles. The van der Waals surface area contributed by atoms with Gasteiger partial charge in [0.25, 0.3) is 0 Å². The average molecular weight is 418 g/mol. The van der Waals surface area contributed by atoms with Crippen molar-refractivity contribution < 1.29 is 19.4 Å². The maximum Gasteiger partial charge on any atom is 0.513 e. The van der Waals surface area contributed by atoms with Gasteiger partial charge < -0.3 is 19.9 Å². The Balaban J connectivity index is 1.80. The number of carbonyl (C=O) groups excluding carboxylic acids is 1. The number of nitrogens with one attached hydrogen (secondary N) is 1. The molecule has 4 aromatic rings. The molecule has 158 valence electrons. The molecule has 0 atom stereocenters. The van der Waals surface area contributed by atoms with E-state index in [-0.39, 0.29) is 12.4 Å².